The van der Waals surface area contributed by atoms with E-state index in [1.54, 1.807) is 0 Å². The normalized spacial score (nSPS) is 29.0. The summed E-state index contributed by atoms with van der Waals surface area (Å²) in [5.74, 6) is 1.57. The third kappa shape index (κ3) is 4.60. The van der Waals surface area contributed by atoms with Crippen molar-refractivity contribution in [2.75, 3.05) is 32.9 Å². The van der Waals surface area contributed by atoms with Crippen LogP contribution in [0.3, 0.4) is 0 Å². The summed E-state index contributed by atoms with van der Waals surface area (Å²) in [5.41, 5.74) is 0.181. The Kier molecular flexibility index (Phi) is 7.15. The van der Waals surface area contributed by atoms with Gasteiger partial charge in [-0.3, -0.25) is 4.99 Å². The van der Waals surface area contributed by atoms with Gasteiger partial charge >= 0.3 is 0 Å². The van der Waals surface area contributed by atoms with E-state index in [1.807, 2.05) is 0 Å². The fourth-order valence-corrected chi connectivity index (χ4v) is 3.79. The highest BCUT2D eigenvalue weighted by molar-refractivity contribution is 5.80. The summed E-state index contributed by atoms with van der Waals surface area (Å²) in [7, 11) is 0. The Morgan fingerprint density at radius 2 is 2.04 bits per heavy atom. The van der Waals surface area contributed by atoms with Gasteiger partial charge in [0.1, 0.15) is 0 Å². The monoisotopic (exact) mass is 325 g/mol. The lowest BCUT2D eigenvalue weighted by molar-refractivity contribution is -0.106. The van der Waals surface area contributed by atoms with E-state index in [4.69, 9.17) is 14.5 Å². The summed E-state index contributed by atoms with van der Waals surface area (Å²) < 4.78 is 11.5. The Bertz CT molecular complexity index is 384. The lowest BCUT2D eigenvalue weighted by Gasteiger charge is -2.54. The maximum atomic E-state index is 5.87. The fourth-order valence-electron chi connectivity index (χ4n) is 3.79. The molecule has 0 aromatic heterocycles. The molecule has 1 saturated carbocycles. The highest BCUT2D eigenvalue weighted by Crippen LogP contribution is 2.52. The zero-order valence-corrected chi connectivity index (χ0v) is 15.4. The summed E-state index contributed by atoms with van der Waals surface area (Å²) >= 11 is 0. The molecule has 1 aliphatic heterocycles. The molecule has 0 spiro atoms. The molecule has 2 aliphatic rings. The van der Waals surface area contributed by atoms with E-state index in [0.717, 1.165) is 58.1 Å². The standard InChI is InChI=1S/C18H35N3O2/c1-5-7-11-22-12-8-10-20-17(19-6-2)21-15-14-9-13-23-16(14)18(15,3)4/h14-16H,5-13H2,1-4H3,(H2,19,20,21). The minimum Gasteiger partial charge on any atom is -0.381 e. The summed E-state index contributed by atoms with van der Waals surface area (Å²) in [6, 6.07) is 0.452. The molecule has 1 heterocycles. The van der Waals surface area contributed by atoms with E-state index in [9.17, 15) is 0 Å². The predicted octanol–water partition coefficient (Wildman–Crippen LogP) is 2.56. The number of fused-ring (bicyclic) bond motifs is 1. The average Bonchev–Trinajstić information content (AvgIpc) is 2.98. The molecule has 3 atom stereocenters. The molecule has 1 aliphatic carbocycles. The Labute approximate surface area is 141 Å². The van der Waals surface area contributed by atoms with Crippen molar-refractivity contribution in [3.8, 4) is 0 Å². The van der Waals surface area contributed by atoms with Crippen LogP contribution in [-0.4, -0.2) is 51.0 Å². The quantitative estimate of drug-likeness (QED) is 0.389. The molecule has 23 heavy (non-hydrogen) atoms. The molecule has 134 valence electrons. The maximum absolute atomic E-state index is 5.87. The topological polar surface area (TPSA) is 54.9 Å². The lowest BCUT2D eigenvalue weighted by atomic mass is 9.57. The van der Waals surface area contributed by atoms with Gasteiger partial charge in [0.25, 0.3) is 0 Å². The summed E-state index contributed by atoms with van der Waals surface area (Å²) in [6.07, 6.45) is 4.89. The summed E-state index contributed by atoms with van der Waals surface area (Å²) in [6.45, 7) is 13.1. The van der Waals surface area contributed by atoms with Crippen LogP contribution in [0.1, 0.15) is 53.4 Å². The fraction of sp³-hybridized carbons (Fsp3) is 0.944. The molecule has 5 heteroatoms. The maximum Gasteiger partial charge on any atom is 0.191 e. The van der Waals surface area contributed by atoms with Gasteiger partial charge in [0, 0.05) is 50.3 Å². The van der Waals surface area contributed by atoms with Crippen molar-refractivity contribution in [3.05, 3.63) is 0 Å². The van der Waals surface area contributed by atoms with Crippen molar-refractivity contribution in [3.63, 3.8) is 0 Å². The largest absolute Gasteiger partial charge is 0.381 e. The SMILES string of the molecule is CCCCOCCCN=C(NCC)NC1C2CCOC2C1(C)C. The smallest absolute Gasteiger partial charge is 0.191 e. The molecule has 3 unspecified atom stereocenters. The first kappa shape index (κ1) is 18.5. The first-order valence-corrected chi connectivity index (χ1v) is 9.35. The van der Waals surface area contributed by atoms with Crippen LogP contribution < -0.4 is 10.6 Å². The number of nitrogens with zero attached hydrogens (tertiary/aromatic N) is 1. The number of rotatable bonds is 9. The Morgan fingerprint density at radius 3 is 2.78 bits per heavy atom. The third-order valence-electron chi connectivity index (χ3n) is 5.10. The average molecular weight is 325 g/mol. The van der Waals surface area contributed by atoms with E-state index < -0.39 is 0 Å². The van der Waals surface area contributed by atoms with Crippen LogP contribution in [0.2, 0.25) is 0 Å². The minimum absolute atomic E-state index is 0.181. The van der Waals surface area contributed by atoms with Crippen molar-refractivity contribution in [1.82, 2.24) is 10.6 Å². The molecule has 2 fully saturated rings. The van der Waals surface area contributed by atoms with E-state index in [-0.39, 0.29) is 5.41 Å². The second-order valence-corrected chi connectivity index (χ2v) is 7.27. The first-order chi connectivity index (χ1) is 11.1. The minimum atomic E-state index is 0.181. The van der Waals surface area contributed by atoms with Crippen LogP contribution >= 0.6 is 0 Å². The van der Waals surface area contributed by atoms with Crippen molar-refractivity contribution >= 4 is 5.96 Å². The molecule has 0 bridgehead atoms. The van der Waals surface area contributed by atoms with Gasteiger partial charge < -0.3 is 20.1 Å². The van der Waals surface area contributed by atoms with Gasteiger partial charge in [-0.25, -0.2) is 0 Å². The number of hydrogen-bond donors (Lipinski definition) is 2. The lowest BCUT2D eigenvalue weighted by Crippen LogP contribution is -2.67. The Morgan fingerprint density at radius 1 is 1.26 bits per heavy atom. The van der Waals surface area contributed by atoms with Gasteiger partial charge in [0.2, 0.25) is 0 Å². The van der Waals surface area contributed by atoms with Gasteiger partial charge in [-0.05, 0) is 26.2 Å². The Balaban J connectivity index is 1.76. The van der Waals surface area contributed by atoms with E-state index in [2.05, 4.69) is 38.3 Å². The van der Waals surface area contributed by atoms with Crippen molar-refractivity contribution in [2.24, 2.45) is 16.3 Å². The number of ether oxygens (including phenoxy) is 2. The molecule has 1 saturated heterocycles. The number of guanidine groups is 1. The third-order valence-corrected chi connectivity index (χ3v) is 5.10. The van der Waals surface area contributed by atoms with Crippen molar-refractivity contribution in [2.45, 2.75) is 65.5 Å². The number of unbranched alkanes of at least 4 members (excludes halogenated alkanes) is 1. The van der Waals surface area contributed by atoms with E-state index in [0.29, 0.717) is 18.1 Å². The van der Waals surface area contributed by atoms with Crippen LogP contribution in [0.5, 0.6) is 0 Å². The number of aliphatic imine (C=N–C) groups is 1. The van der Waals surface area contributed by atoms with Gasteiger partial charge in [-0.1, -0.05) is 27.2 Å². The second kappa shape index (κ2) is 8.88. The molecule has 0 aromatic rings. The molecular weight excluding hydrogens is 290 g/mol. The van der Waals surface area contributed by atoms with Gasteiger partial charge in [-0.15, -0.1) is 0 Å². The van der Waals surface area contributed by atoms with Crippen molar-refractivity contribution in [1.29, 1.82) is 0 Å². The highest BCUT2D eigenvalue weighted by atomic mass is 16.5. The zero-order valence-electron chi connectivity index (χ0n) is 15.4. The van der Waals surface area contributed by atoms with Crippen LogP contribution in [0.4, 0.5) is 0 Å². The molecular formula is C18H35N3O2. The molecule has 0 amide bonds. The van der Waals surface area contributed by atoms with E-state index >= 15 is 0 Å². The second-order valence-electron chi connectivity index (χ2n) is 7.27. The molecule has 0 radical (unpaired) electrons. The summed E-state index contributed by atoms with van der Waals surface area (Å²) in [4.78, 5) is 4.71. The first-order valence-electron chi connectivity index (χ1n) is 9.35. The molecule has 5 nitrogen and oxygen atoms in total. The zero-order chi connectivity index (χ0) is 16.7. The van der Waals surface area contributed by atoms with Crippen LogP contribution in [0.25, 0.3) is 0 Å². The Hall–Kier alpha value is -0.810. The van der Waals surface area contributed by atoms with Crippen LogP contribution in [0.15, 0.2) is 4.99 Å². The van der Waals surface area contributed by atoms with Crippen LogP contribution in [-0.2, 0) is 9.47 Å². The van der Waals surface area contributed by atoms with Gasteiger partial charge in [-0.2, -0.15) is 0 Å². The van der Waals surface area contributed by atoms with E-state index in [1.165, 1.54) is 6.42 Å². The molecule has 0 aromatic carbocycles. The van der Waals surface area contributed by atoms with Crippen molar-refractivity contribution < 1.29 is 9.47 Å². The highest BCUT2D eigenvalue weighted by Gasteiger charge is 2.59. The predicted molar refractivity (Wildman–Crippen MR) is 94.9 cm³/mol. The number of hydrogen-bond acceptors (Lipinski definition) is 3. The van der Waals surface area contributed by atoms with Gasteiger partial charge in [0.15, 0.2) is 5.96 Å². The molecule has 2 rings (SSSR count). The molecule has 2 N–H and O–H groups in total. The van der Waals surface area contributed by atoms with Crippen LogP contribution in [0, 0.1) is 11.3 Å². The number of nitrogens with one attached hydrogen (secondary N) is 2. The summed E-state index contributed by atoms with van der Waals surface area (Å²) in [5, 5.41) is 7.01. The van der Waals surface area contributed by atoms with Gasteiger partial charge in [0.05, 0.1) is 6.10 Å².